The summed E-state index contributed by atoms with van der Waals surface area (Å²) in [5, 5.41) is 6.97. The molecule has 0 saturated carbocycles. The van der Waals surface area contributed by atoms with Crippen LogP contribution in [0.4, 0.5) is 5.69 Å². The predicted octanol–water partition coefficient (Wildman–Crippen LogP) is 3.18. The van der Waals surface area contributed by atoms with Crippen molar-refractivity contribution in [2.45, 2.75) is 19.0 Å². The van der Waals surface area contributed by atoms with Crippen LogP contribution in [0, 0.1) is 0 Å². The predicted molar refractivity (Wildman–Crippen MR) is 98.0 cm³/mol. The second-order valence-electron chi connectivity index (χ2n) is 6.02. The van der Waals surface area contributed by atoms with Gasteiger partial charge in [-0.15, -0.1) is 0 Å². The summed E-state index contributed by atoms with van der Waals surface area (Å²) in [7, 11) is 0. The van der Waals surface area contributed by atoms with E-state index < -0.39 is 0 Å². The Morgan fingerprint density at radius 2 is 2.20 bits per heavy atom. The molecule has 0 fully saturated rings. The fourth-order valence-corrected chi connectivity index (χ4v) is 3.30. The van der Waals surface area contributed by atoms with Gasteiger partial charge in [-0.1, -0.05) is 29.8 Å². The van der Waals surface area contributed by atoms with Crippen LogP contribution in [-0.4, -0.2) is 21.5 Å². The molecule has 2 aromatic carbocycles. The number of halogens is 1. The van der Waals surface area contributed by atoms with Gasteiger partial charge in [0.15, 0.2) is 0 Å². The van der Waals surface area contributed by atoms with Gasteiger partial charge in [0.05, 0.1) is 12.0 Å². The van der Waals surface area contributed by atoms with Crippen LogP contribution in [0.1, 0.15) is 11.1 Å². The van der Waals surface area contributed by atoms with E-state index in [1.54, 1.807) is 12.5 Å². The van der Waals surface area contributed by atoms with Crippen LogP contribution in [0.25, 0.3) is 5.69 Å². The maximum atomic E-state index is 12.5. The monoisotopic (exact) mass is 352 g/mol. The molecule has 2 heterocycles. The zero-order valence-corrected chi connectivity index (χ0v) is 14.2. The Morgan fingerprint density at radius 1 is 1.32 bits per heavy atom. The molecular formula is C19H17ClN4O. The molecule has 1 aromatic heterocycles. The number of anilines is 1. The number of nitrogens with one attached hydrogen (secondary N) is 2. The molecule has 0 aliphatic carbocycles. The van der Waals surface area contributed by atoms with Crippen LogP contribution in [0.3, 0.4) is 0 Å². The van der Waals surface area contributed by atoms with Gasteiger partial charge in [-0.3, -0.25) is 4.79 Å². The van der Waals surface area contributed by atoms with E-state index in [1.165, 1.54) is 0 Å². The Balaban J connectivity index is 1.44. The lowest BCUT2D eigenvalue weighted by Crippen LogP contribution is -2.38. The first-order chi connectivity index (χ1) is 12.2. The van der Waals surface area contributed by atoms with Gasteiger partial charge in [-0.2, -0.15) is 0 Å². The molecule has 4 rings (SSSR count). The number of para-hydroxylation sites is 1. The zero-order valence-electron chi connectivity index (χ0n) is 13.4. The van der Waals surface area contributed by atoms with E-state index in [2.05, 4.69) is 15.6 Å². The van der Waals surface area contributed by atoms with E-state index in [1.807, 2.05) is 53.2 Å². The van der Waals surface area contributed by atoms with Gasteiger partial charge in [-0.25, -0.2) is 4.98 Å². The number of hydrogen-bond acceptors (Lipinski definition) is 3. The summed E-state index contributed by atoms with van der Waals surface area (Å²) in [6, 6.07) is 13.3. The number of imidazole rings is 1. The van der Waals surface area contributed by atoms with Crippen molar-refractivity contribution < 1.29 is 4.79 Å². The van der Waals surface area contributed by atoms with Crippen molar-refractivity contribution in [3.63, 3.8) is 0 Å². The zero-order chi connectivity index (χ0) is 17.2. The molecule has 3 aromatic rings. The molecule has 0 unspecified atom stereocenters. The fraction of sp³-hybridized carbons (Fsp3) is 0.158. The molecule has 1 aliphatic rings. The Morgan fingerprint density at radius 3 is 3.04 bits per heavy atom. The minimum absolute atomic E-state index is 0.0206. The molecule has 1 amide bonds. The molecule has 0 spiro atoms. The topological polar surface area (TPSA) is 59.0 Å². The summed E-state index contributed by atoms with van der Waals surface area (Å²) in [6.45, 7) is 0.461. The average Bonchev–Trinajstić information content (AvgIpc) is 3.29. The van der Waals surface area contributed by atoms with E-state index in [9.17, 15) is 4.79 Å². The number of carbonyl (C=O) groups is 1. The number of nitrogens with zero attached hydrogens (tertiary/aromatic N) is 2. The highest BCUT2D eigenvalue weighted by atomic mass is 35.5. The fourth-order valence-electron chi connectivity index (χ4n) is 3.11. The van der Waals surface area contributed by atoms with Crippen molar-refractivity contribution >= 4 is 23.2 Å². The molecule has 2 N–H and O–H groups in total. The molecule has 0 radical (unpaired) electrons. The first-order valence-corrected chi connectivity index (χ1v) is 8.47. The van der Waals surface area contributed by atoms with Crippen LogP contribution >= 0.6 is 11.6 Å². The van der Waals surface area contributed by atoms with Crippen molar-refractivity contribution in [2.75, 3.05) is 5.32 Å². The molecule has 0 saturated heterocycles. The van der Waals surface area contributed by atoms with Crippen LogP contribution in [0.15, 0.2) is 61.2 Å². The van der Waals surface area contributed by atoms with E-state index in [4.69, 9.17) is 11.6 Å². The first kappa shape index (κ1) is 15.7. The van der Waals surface area contributed by atoms with Crippen LogP contribution in [0.5, 0.6) is 0 Å². The summed E-state index contributed by atoms with van der Waals surface area (Å²) < 4.78 is 1.94. The van der Waals surface area contributed by atoms with Gasteiger partial charge in [0.25, 0.3) is 0 Å². The van der Waals surface area contributed by atoms with Crippen molar-refractivity contribution in [1.82, 2.24) is 14.9 Å². The third-order valence-corrected chi connectivity index (χ3v) is 4.60. The highest BCUT2D eigenvalue weighted by Gasteiger charge is 2.26. The minimum atomic E-state index is -0.270. The third-order valence-electron chi connectivity index (χ3n) is 4.36. The van der Waals surface area contributed by atoms with E-state index >= 15 is 0 Å². The maximum absolute atomic E-state index is 12.5. The van der Waals surface area contributed by atoms with Crippen LogP contribution in [0.2, 0.25) is 5.02 Å². The highest BCUT2D eigenvalue weighted by Crippen LogP contribution is 2.28. The van der Waals surface area contributed by atoms with Crippen molar-refractivity contribution in [2.24, 2.45) is 0 Å². The molecule has 5 nitrogen and oxygen atoms in total. The molecular weight excluding hydrogens is 336 g/mol. The lowest BCUT2D eigenvalue weighted by molar-refractivity contribution is -0.121. The quantitative estimate of drug-likeness (QED) is 0.758. The van der Waals surface area contributed by atoms with Crippen LogP contribution < -0.4 is 10.6 Å². The summed E-state index contributed by atoms with van der Waals surface area (Å²) in [5.74, 6) is -0.0206. The summed E-state index contributed by atoms with van der Waals surface area (Å²) >= 11 is 6.02. The van der Waals surface area contributed by atoms with Gasteiger partial charge in [0.2, 0.25) is 5.91 Å². The van der Waals surface area contributed by atoms with Gasteiger partial charge in [0, 0.05) is 36.1 Å². The normalized spacial score (nSPS) is 15.5. The lowest BCUT2D eigenvalue weighted by Gasteiger charge is -2.14. The van der Waals surface area contributed by atoms with Gasteiger partial charge in [-0.05, 0) is 35.4 Å². The minimum Gasteiger partial charge on any atom is -0.373 e. The number of rotatable bonds is 4. The Hall–Kier alpha value is -2.79. The molecule has 1 atom stereocenters. The standard InChI is InChI=1S/C19H17ClN4O/c20-15-5-6-16-14(9-15)10-17(23-16)19(25)22-11-13-3-1-2-4-18(13)24-8-7-21-12-24/h1-9,12,17,23H,10-11H2,(H,22,25)/t17-/m0/s1. The second kappa shape index (κ2) is 6.61. The first-order valence-electron chi connectivity index (χ1n) is 8.09. The molecule has 126 valence electrons. The summed E-state index contributed by atoms with van der Waals surface area (Å²) in [5.41, 5.74) is 4.09. The van der Waals surface area contributed by atoms with Gasteiger partial charge < -0.3 is 15.2 Å². The average molecular weight is 353 g/mol. The van der Waals surface area contributed by atoms with Crippen molar-refractivity contribution in [1.29, 1.82) is 0 Å². The van der Waals surface area contributed by atoms with E-state index in [0.29, 0.717) is 18.0 Å². The number of hydrogen-bond donors (Lipinski definition) is 2. The SMILES string of the molecule is O=C(NCc1ccccc1-n1ccnc1)[C@@H]1Cc2cc(Cl)ccc2N1. The van der Waals surface area contributed by atoms with Gasteiger partial charge in [0.1, 0.15) is 6.04 Å². The number of aromatic nitrogens is 2. The number of amides is 1. The Labute approximate surface area is 150 Å². The summed E-state index contributed by atoms with van der Waals surface area (Å²) in [4.78, 5) is 16.6. The number of carbonyl (C=O) groups excluding carboxylic acids is 1. The van der Waals surface area contributed by atoms with E-state index in [-0.39, 0.29) is 11.9 Å². The van der Waals surface area contributed by atoms with Gasteiger partial charge >= 0.3 is 0 Å². The molecule has 0 bridgehead atoms. The lowest BCUT2D eigenvalue weighted by atomic mass is 10.1. The third kappa shape index (κ3) is 3.23. The smallest absolute Gasteiger partial charge is 0.243 e. The Kier molecular flexibility index (Phi) is 4.15. The van der Waals surface area contributed by atoms with E-state index in [0.717, 1.165) is 22.5 Å². The molecule has 1 aliphatic heterocycles. The molecule has 25 heavy (non-hydrogen) atoms. The number of benzene rings is 2. The second-order valence-corrected chi connectivity index (χ2v) is 6.46. The van der Waals surface area contributed by atoms with Crippen molar-refractivity contribution in [3.8, 4) is 5.69 Å². The molecule has 6 heteroatoms. The number of fused-ring (bicyclic) bond motifs is 1. The van der Waals surface area contributed by atoms with Crippen LogP contribution in [-0.2, 0) is 17.8 Å². The maximum Gasteiger partial charge on any atom is 0.243 e. The highest BCUT2D eigenvalue weighted by molar-refractivity contribution is 6.30. The Bertz CT molecular complexity index is 908. The largest absolute Gasteiger partial charge is 0.373 e. The summed E-state index contributed by atoms with van der Waals surface area (Å²) in [6.07, 6.45) is 6.02. The van der Waals surface area contributed by atoms with Crippen molar-refractivity contribution in [3.05, 3.63) is 77.3 Å².